The van der Waals surface area contributed by atoms with Gasteiger partial charge in [-0.05, 0) is 52.4 Å². The zero-order valence-corrected chi connectivity index (χ0v) is 14.0. The maximum atomic E-state index is 12.3. The van der Waals surface area contributed by atoms with E-state index in [0.717, 1.165) is 3.57 Å². The Labute approximate surface area is 136 Å². The van der Waals surface area contributed by atoms with E-state index in [9.17, 15) is 8.42 Å². The van der Waals surface area contributed by atoms with Crippen LogP contribution in [0.5, 0.6) is 0 Å². The third kappa shape index (κ3) is 3.43. The number of hydrogen-bond donors (Lipinski definition) is 2. The minimum atomic E-state index is -3.66. The van der Waals surface area contributed by atoms with Crippen LogP contribution >= 0.6 is 34.2 Å². The molecule has 3 N–H and O–H groups in total. The fourth-order valence-corrected chi connectivity index (χ4v) is 3.74. The molecule has 0 aliphatic heterocycles. The Hall–Kier alpha value is -0.830. The number of nitrogens with one attached hydrogen (secondary N) is 1. The smallest absolute Gasteiger partial charge is 0.261 e. The summed E-state index contributed by atoms with van der Waals surface area (Å²) in [7, 11) is -3.66. The van der Waals surface area contributed by atoms with E-state index in [1.807, 2.05) is 12.1 Å². The van der Waals surface area contributed by atoms with Crippen molar-refractivity contribution in [3.8, 4) is 0 Å². The summed E-state index contributed by atoms with van der Waals surface area (Å²) in [5.74, 6) is 0. The van der Waals surface area contributed by atoms with Crippen molar-refractivity contribution >= 4 is 49.9 Å². The Kier molecular flexibility index (Phi) is 4.90. The number of para-hydroxylation sites is 1. The fraction of sp³-hybridized carbons (Fsp3) is 0.0769. The molecule has 0 saturated heterocycles. The molecule has 2 rings (SSSR count). The predicted molar refractivity (Wildman–Crippen MR) is 89.3 cm³/mol. The van der Waals surface area contributed by atoms with E-state index < -0.39 is 10.0 Å². The first kappa shape index (κ1) is 15.6. The molecular weight excluding hydrogens is 411 g/mol. The Morgan fingerprint density at radius 3 is 2.50 bits per heavy atom. The highest BCUT2D eigenvalue weighted by molar-refractivity contribution is 14.1. The average molecular weight is 423 g/mol. The number of rotatable bonds is 4. The zero-order valence-electron chi connectivity index (χ0n) is 10.3. The molecule has 0 heterocycles. The van der Waals surface area contributed by atoms with Crippen molar-refractivity contribution in [1.82, 2.24) is 0 Å². The van der Waals surface area contributed by atoms with Crippen molar-refractivity contribution in [2.24, 2.45) is 5.73 Å². The summed E-state index contributed by atoms with van der Waals surface area (Å²) in [6, 6.07) is 11.6. The fourth-order valence-electron chi connectivity index (χ4n) is 1.61. The maximum absolute atomic E-state index is 12.3. The van der Waals surface area contributed by atoms with Crippen molar-refractivity contribution in [2.45, 2.75) is 11.4 Å². The molecule has 0 atom stereocenters. The van der Waals surface area contributed by atoms with Crippen LogP contribution < -0.4 is 10.5 Å². The van der Waals surface area contributed by atoms with Gasteiger partial charge in [0.2, 0.25) is 0 Å². The number of benzene rings is 2. The van der Waals surface area contributed by atoms with Gasteiger partial charge in [-0.3, -0.25) is 4.72 Å². The molecule has 0 saturated carbocycles. The minimum Gasteiger partial charge on any atom is -0.326 e. The molecule has 2 aromatic rings. The Balaban J connectivity index is 2.36. The average Bonchev–Trinajstić information content (AvgIpc) is 2.41. The van der Waals surface area contributed by atoms with Gasteiger partial charge in [-0.25, -0.2) is 8.42 Å². The Morgan fingerprint density at radius 2 is 1.90 bits per heavy atom. The number of hydrogen-bond acceptors (Lipinski definition) is 3. The third-order valence-electron chi connectivity index (χ3n) is 2.67. The Bertz CT molecular complexity index is 735. The van der Waals surface area contributed by atoms with Crippen molar-refractivity contribution in [2.75, 3.05) is 4.72 Å². The summed E-state index contributed by atoms with van der Waals surface area (Å²) in [5.41, 5.74) is 6.75. The van der Waals surface area contributed by atoms with Crippen LogP contribution in [0.25, 0.3) is 0 Å². The summed E-state index contributed by atoms with van der Waals surface area (Å²) in [6.07, 6.45) is 0. The summed E-state index contributed by atoms with van der Waals surface area (Å²) in [6.45, 7) is 0.267. The van der Waals surface area contributed by atoms with Crippen molar-refractivity contribution < 1.29 is 8.42 Å². The van der Waals surface area contributed by atoms with Crippen LogP contribution in [-0.2, 0) is 16.6 Å². The molecule has 0 fully saturated rings. The van der Waals surface area contributed by atoms with Gasteiger partial charge < -0.3 is 5.73 Å². The zero-order chi connectivity index (χ0) is 14.8. The van der Waals surface area contributed by atoms with Crippen LogP contribution in [0.4, 0.5) is 5.69 Å². The van der Waals surface area contributed by atoms with E-state index in [-0.39, 0.29) is 11.4 Å². The molecule has 0 aromatic heterocycles. The van der Waals surface area contributed by atoms with Gasteiger partial charge in [-0.15, -0.1) is 0 Å². The van der Waals surface area contributed by atoms with Gasteiger partial charge in [0.05, 0.1) is 10.6 Å². The van der Waals surface area contributed by atoms with Crippen molar-refractivity contribution in [3.63, 3.8) is 0 Å². The quantitative estimate of drug-likeness (QED) is 0.743. The molecule has 0 radical (unpaired) electrons. The van der Waals surface area contributed by atoms with Gasteiger partial charge in [0.25, 0.3) is 10.0 Å². The van der Waals surface area contributed by atoms with Gasteiger partial charge in [0.1, 0.15) is 0 Å². The summed E-state index contributed by atoms with van der Waals surface area (Å²) < 4.78 is 28.0. The van der Waals surface area contributed by atoms with E-state index in [4.69, 9.17) is 17.3 Å². The molecule has 0 bridgehead atoms. The first-order valence-corrected chi connectivity index (χ1v) is 8.64. The van der Waals surface area contributed by atoms with Crippen LogP contribution in [0.3, 0.4) is 0 Å². The van der Waals surface area contributed by atoms with Crippen LogP contribution in [0, 0.1) is 3.57 Å². The van der Waals surface area contributed by atoms with Crippen molar-refractivity contribution in [1.29, 1.82) is 0 Å². The molecule has 2 aromatic carbocycles. The van der Waals surface area contributed by atoms with E-state index in [1.54, 1.807) is 18.2 Å². The molecular formula is C13H12ClIN2O2S. The Morgan fingerprint density at radius 1 is 1.20 bits per heavy atom. The van der Waals surface area contributed by atoms with Gasteiger partial charge in [0.15, 0.2) is 0 Å². The highest BCUT2D eigenvalue weighted by Gasteiger charge is 2.16. The standard InChI is InChI=1S/C13H12ClIN2O2S/c14-11-7-10(6-5-9(11)8-16)20(18,19)17-13-4-2-1-3-12(13)15/h1-7,17H,8,16H2. The maximum Gasteiger partial charge on any atom is 0.261 e. The van der Waals surface area contributed by atoms with E-state index in [2.05, 4.69) is 27.3 Å². The topological polar surface area (TPSA) is 72.2 Å². The molecule has 4 nitrogen and oxygen atoms in total. The lowest BCUT2D eigenvalue weighted by molar-refractivity contribution is 0.601. The van der Waals surface area contributed by atoms with E-state index in [0.29, 0.717) is 16.3 Å². The lowest BCUT2D eigenvalue weighted by Gasteiger charge is -2.11. The normalized spacial score (nSPS) is 11.3. The van der Waals surface area contributed by atoms with Crippen LogP contribution in [-0.4, -0.2) is 8.42 Å². The molecule has 7 heteroatoms. The summed E-state index contributed by atoms with van der Waals surface area (Å²) >= 11 is 8.06. The van der Waals surface area contributed by atoms with Crippen LogP contribution in [0.15, 0.2) is 47.4 Å². The largest absolute Gasteiger partial charge is 0.326 e. The first-order chi connectivity index (χ1) is 9.44. The molecule has 0 aliphatic rings. The second-order valence-corrected chi connectivity index (χ2v) is 7.29. The molecule has 0 spiro atoms. The summed E-state index contributed by atoms with van der Waals surface area (Å²) in [4.78, 5) is 0.111. The van der Waals surface area contributed by atoms with Gasteiger partial charge >= 0.3 is 0 Å². The van der Waals surface area contributed by atoms with Crippen molar-refractivity contribution in [3.05, 3.63) is 56.6 Å². The molecule has 0 aliphatic carbocycles. The highest BCUT2D eigenvalue weighted by atomic mass is 127. The second-order valence-electron chi connectivity index (χ2n) is 4.04. The minimum absolute atomic E-state index is 0.111. The predicted octanol–water partition coefficient (Wildman–Crippen LogP) is 3.20. The lowest BCUT2D eigenvalue weighted by Crippen LogP contribution is -2.14. The highest BCUT2D eigenvalue weighted by Crippen LogP contribution is 2.24. The van der Waals surface area contributed by atoms with Gasteiger partial charge in [0, 0.05) is 15.1 Å². The van der Waals surface area contributed by atoms with Crippen LogP contribution in [0.1, 0.15) is 5.56 Å². The second kappa shape index (κ2) is 6.30. The van der Waals surface area contributed by atoms with E-state index in [1.165, 1.54) is 12.1 Å². The lowest BCUT2D eigenvalue weighted by atomic mass is 10.2. The number of sulfonamides is 1. The number of halogens is 2. The van der Waals surface area contributed by atoms with Gasteiger partial charge in [-0.2, -0.15) is 0 Å². The summed E-state index contributed by atoms with van der Waals surface area (Å²) in [5, 5.41) is 0.345. The molecule has 106 valence electrons. The number of anilines is 1. The number of nitrogens with two attached hydrogens (primary N) is 1. The van der Waals surface area contributed by atoms with Crippen LogP contribution in [0.2, 0.25) is 5.02 Å². The molecule has 0 amide bonds. The monoisotopic (exact) mass is 422 g/mol. The van der Waals surface area contributed by atoms with Gasteiger partial charge in [-0.1, -0.05) is 29.8 Å². The third-order valence-corrected chi connectivity index (χ3v) is 5.33. The first-order valence-electron chi connectivity index (χ1n) is 5.70. The molecule has 0 unspecified atom stereocenters. The SMILES string of the molecule is NCc1ccc(S(=O)(=O)Nc2ccccc2I)cc1Cl. The molecule has 20 heavy (non-hydrogen) atoms. The van der Waals surface area contributed by atoms with E-state index >= 15 is 0 Å².